The fourth-order valence-corrected chi connectivity index (χ4v) is 2.64. The molecule has 4 heteroatoms. The Morgan fingerprint density at radius 3 is 2.74 bits per heavy atom. The average Bonchev–Trinajstić information content (AvgIpc) is 2.75. The fourth-order valence-electron chi connectivity index (χ4n) is 2.40. The molecule has 0 fully saturated rings. The predicted molar refractivity (Wildman–Crippen MR) is 81.1 cm³/mol. The van der Waals surface area contributed by atoms with Crippen molar-refractivity contribution in [3.8, 4) is 0 Å². The van der Waals surface area contributed by atoms with Gasteiger partial charge in [-0.1, -0.05) is 32.6 Å². The third-order valence-corrected chi connectivity index (χ3v) is 3.70. The van der Waals surface area contributed by atoms with E-state index in [1.54, 1.807) is 0 Å². The standard InChI is InChI=1S/C15H21FN2S/c1-2-3-4-5-6-9-18-14-8-7-12(16)10-13(14)17-15(18)11-19/h7-8,10,19H,2-6,9,11H2,1H3. The topological polar surface area (TPSA) is 17.8 Å². The summed E-state index contributed by atoms with van der Waals surface area (Å²) < 4.78 is 15.4. The van der Waals surface area contributed by atoms with Crippen LogP contribution in [0, 0.1) is 5.82 Å². The third kappa shape index (κ3) is 3.50. The molecule has 19 heavy (non-hydrogen) atoms. The molecule has 0 aliphatic heterocycles. The maximum atomic E-state index is 13.2. The molecule has 0 amide bonds. The lowest BCUT2D eigenvalue weighted by atomic mass is 10.1. The van der Waals surface area contributed by atoms with Gasteiger partial charge in [0.05, 0.1) is 11.0 Å². The number of hydrogen-bond acceptors (Lipinski definition) is 2. The van der Waals surface area contributed by atoms with Gasteiger partial charge in [0.15, 0.2) is 0 Å². The highest BCUT2D eigenvalue weighted by atomic mass is 32.1. The lowest BCUT2D eigenvalue weighted by Crippen LogP contribution is -2.02. The van der Waals surface area contributed by atoms with Crippen LogP contribution < -0.4 is 0 Å². The Bertz CT molecular complexity index is 536. The van der Waals surface area contributed by atoms with Gasteiger partial charge in [-0.2, -0.15) is 12.6 Å². The Hall–Kier alpha value is -1.03. The van der Waals surface area contributed by atoms with Gasteiger partial charge in [0.1, 0.15) is 11.6 Å². The predicted octanol–water partition coefficient (Wildman–Crippen LogP) is 4.58. The van der Waals surface area contributed by atoms with Crippen LogP contribution >= 0.6 is 12.6 Å². The molecule has 0 unspecified atom stereocenters. The summed E-state index contributed by atoms with van der Waals surface area (Å²) in [5.41, 5.74) is 1.75. The van der Waals surface area contributed by atoms with Gasteiger partial charge in [0.25, 0.3) is 0 Å². The summed E-state index contributed by atoms with van der Waals surface area (Å²) in [5, 5.41) is 0. The Balaban J connectivity index is 2.11. The van der Waals surface area contributed by atoms with Crippen molar-refractivity contribution in [1.29, 1.82) is 0 Å². The zero-order valence-corrected chi connectivity index (χ0v) is 12.3. The lowest BCUT2D eigenvalue weighted by Gasteiger charge is -2.07. The quantitative estimate of drug-likeness (QED) is 0.581. The smallest absolute Gasteiger partial charge is 0.125 e. The Kier molecular flexibility index (Phi) is 5.25. The molecule has 1 heterocycles. The van der Waals surface area contributed by atoms with E-state index in [0.717, 1.165) is 29.8 Å². The molecule has 0 aliphatic rings. The monoisotopic (exact) mass is 280 g/mol. The van der Waals surface area contributed by atoms with E-state index in [1.165, 1.54) is 37.8 Å². The molecule has 1 aromatic carbocycles. The highest BCUT2D eigenvalue weighted by molar-refractivity contribution is 7.79. The van der Waals surface area contributed by atoms with Crippen molar-refractivity contribution in [2.24, 2.45) is 0 Å². The molecule has 1 aromatic heterocycles. The molecule has 104 valence electrons. The maximum absolute atomic E-state index is 13.2. The number of halogens is 1. The van der Waals surface area contributed by atoms with Gasteiger partial charge in [-0.3, -0.25) is 0 Å². The number of aryl methyl sites for hydroxylation is 1. The summed E-state index contributed by atoms with van der Waals surface area (Å²) in [6, 6.07) is 4.81. The molecule has 2 rings (SSSR count). The molecule has 2 aromatic rings. The molecule has 0 atom stereocenters. The largest absolute Gasteiger partial charge is 0.327 e. The Morgan fingerprint density at radius 1 is 1.21 bits per heavy atom. The molecule has 0 aliphatic carbocycles. The highest BCUT2D eigenvalue weighted by Crippen LogP contribution is 2.19. The number of benzene rings is 1. The second-order valence-electron chi connectivity index (χ2n) is 4.89. The van der Waals surface area contributed by atoms with Crippen molar-refractivity contribution in [2.75, 3.05) is 0 Å². The minimum Gasteiger partial charge on any atom is -0.327 e. The summed E-state index contributed by atoms with van der Waals surface area (Å²) in [6.07, 6.45) is 6.22. The van der Waals surface area contributed by atoms with Crippen LogP contribution in [-0.2, 0) is 12.3 Å². The number of unbranched alkanes of at least 4 members (excludes halogenated alkanes) is 4. The molecule has 0 N–H and O–H groups in total. The summed E-state index contributed by atoms with van der Waals surface area (Å²) in [6.45, 7) is 3.17. The summed E-state index contributed by atoms with van der Waals surface area (Å²) in [4.78, 5) is 4.45. The third-order valence-electron chi connectivity index (χ3n) is 3.42. The van der Waals surface area contributed by atoms with Crippen LogP contribution in [0.2, 0.25) is 0 Å². The SMILES string of the molecule is CCCCCCCn1c(CS)nc2cc(F)ccc21. The van der Waals surface area contributed by atoms with Gasteiger partial charge in [-0.05, 0) is 18.6 Å². The van der Waals surface area contributed by atoms with Crippen molar-refractivity contribution in [1.82, 2.24) is 9.55 Å². The van der Waals surface area contributed by atoms with Gasteiger partial charge < -0.3 is 4.57 Å². The van der Waals surface area contributed by atoms with Crippen molar-refractivity contribution >= 4 is 23.7 Å². The van der Waals surface area contributed by atoms with Crippen molar-refractivity contribution in [3.05, 3.63) is 29.8 Å². The summed E-state index contributed by atoms with van der Waals surface area (Å²) in [7, 11) is 0. The first kappa shape index (κ1) is 14.4. The molecule has 0 saturated heterocycles. The second kappa shape index (κ2) is 6.94. The molecular formula is C15H21FN2S. The minimum atomic E-state index is -0.231. The van der Waals surface area contributed by atoms with Gasteiger partial charge in [-0.25, -0.2) is 9.37 Å². The minimum absolute atomic E-state index is 0.231. The first-order chi connectivity index (χ1) is 9.26. The number of thiol groups is 1. The van der Waals surface area contributed by atoms with Crippen molar-refractivity contribution < 1.29 is 4.39 Å². The number of hydrogen-bond donors (Lipinski definition) is 1. The van der Waals surface area contributed by atoms with Crippen molar-refractivity contribution in [3.63, 3.8) is 0 Å². The number of nitrogens with zero attached hydrogens (tertiary/aromatic N) is 2. The van der Waals surface area contributed by atoms with E-state index in [2.05, 4.69) is 29.1 Å². The van der Waals surface area contributed by atoms with Crippen LogP contribution in [0.25, 0.3) is 11.0 Å². The molecule has 0 spiro atoms. The number of rotatable bonds is 7. The van der Waals surface area contributed by atoms with E-state index in [0.29, 0.717) is 5.75 Å². The fraction of sp³-hybridized carbons (Fsp3) is 0.533. The van der Waals surface area contributed by atoms with Crippen LogP contribution in [0.1, 0.15) is 44.9 Å². The van der Waals surface area contributed by atoms with E-state index in [-0.39, 0.29) is 5.82 Å². The molecular weight excluding hydrogens is 259 g/mol. The van der Waals surface area contributed by atoms with E-state index in [9.17, 15) is 4.39 Å². The van der Waals surface area contributed by atoms with Gasteiger partial charge in [0, 0.05) is 18.4 Å². The van der Waals surface area contributed by atoms with E-state index < -0.39 is 0 Å². The Morgan fingerprint density at radius 2 is 2.00 bits per heavy atom. The first-order valence-corrected chi connectivity index (χ1v) is 7.65. The van der Waals surface area contributed by atoms with E-state index in [4.69, 9.17) is 0 Å². The van der Waals surface area contributed by atoms with E-state index >= 15 is 0 Å². The van der Waals surface area contributed by atoms with E-state index in [1.807, 2.05) is 6.07 Å². The zero-order valence-electron chi connectivity index (χ0n) is 11.4. The molecule has 0 bridgehead atoms. The van der Waals surface area contributed by atoms with Crippen LogP contribution in [0.5, 0.6) is 0 Å². The number of aromatic nitrogens is 2. The van der Waals surface area contributed by atoms with Gasteiger partial charge >= 0.3 is 0 Å². The number of imidazole rings is 1. The number of fused-ring (bicyclic) bond motifs is 1. The van der Waals surface area contributed by atoms with Crippen LogP contribution in [0.3, 0.4) is 0 Å². The first-order valence-electron chi connectivity index (χ1n) is 7.01. The van der Waals surface area contributed by atoms with Crippen LogP contribution in [0.4, 0.5) is 4.39 Å². The molecule has 0 radical (unpaired) electrons. The second-order valence-corrected chi connectivity index (χ2v) is 5.20. The van der Waals surface area contributed by atoms with Gasteiger partial charge in [0.2, 0.25) is 0 Å². The zero-order chi connectivity index (χ0) is 13.7. The average molecular weight is 280 g/mol. The maximum Gasteiger partial charge on any atom is 0.125 e. The van der Waals surface area contributed by atoms with Gasteiger partial charge in [-0.15, -0.1) is 0 Å². The highest BCUT2D eigenvalue weighted by Gasteiger charge is 2.09. The Labute approximate surface area is 119 Å². The molecule has 2 nitrogen and oxygen atoms in total. The van der Waals surface area contributed by atoms with Crippen LogP contribution in [0.15, 0.2) is 18.2 Å². The molecule has 0 saturated carbocycles. The normalized spacial score (nSPS) is 11.3. The summed E-state index contributed by atoms with van der Waals surface area (Å²) in [5.74, 6) is 1.29. The lowest BCUT2D eigenvalue weighted by molar-refractivity contribution is 0.567. The van der Waals surface area contributed by atoms with Crippen molar-refractivity contribution in [2.45, 2.75) is 51.3 Å². The van der Waals surface area contributed by atoms with Crippen LogP contribution in [-0.4, -0.2) is 9.55 Å². The summed E-state index contributed by atoms with van der Waals surface area (Å²) >= 11 is 4.32.